The lowest BCUT2D eigenvalue weighted by molar-refractivity contribution is 0.156. The zero-order valence-electron chi connectivity index (χ0n) is 11.3. The number of piperidine rings is 1. The van der Waals surface area contributed by atoms with Crippen LogP contribution in [-0.2, 0) is 10.2 Å². The molecule has 0 aliphatic carbocycles. The standard InChI is InChI=1S/C13H19FN2O3S/c1-10-5-6-11(8-13(10)14)15-20(18,19)16-7-3-2-4-12(16)9-17/h5-6,8,12,15,17H,2-4,7,9H2,1H3. The number of aryl methyl sites for hydroxylation is 1. The maximum Gasteiger partial charge on any atom is 0.301 e. The van der Waals surface area contributed by atoms with Crippen LogP contribution in [0.2, 0.25) is 0 Å². The van der Waals surface area contributed by atoms with Crippen molar-refractivity contribution >= 4 is 15.9 Å². The molecule has 7 heteroatoms. The van der Waals surface area contributed by atoms with Crippen LogP contribution in [0.5, 0.6) is 0 Å². The number of aliphatic hydroxyl groups is 1. The minimum Gasteiger partial charge on any atom is -0.395 e. The van der Waals surface area contributed by atoms with Gasteiger partial charge in [-0.25, -0.2) is 4.39 Å². The van der Waals surface area contributed by atoms with Crippen molar-refractivity contribution in [3.63, 3.8) is 0 Å². The molecule has 0 spiro atoms. The van der Waals surface area contributed by atoms with Gasteiger partial charge in [-0.15, -0.1) is 0 Å². The molecule has 1 aliphatic rings. The van der Waals surface area contributed by atoms with Crippen LogP contribution >= 0.6 is 0 Å². The Morgan fingerprint density at radius 3 is 2.85 bits per heavy atom. The van der Waals surface area contributed by atoms with E-state index in [9.17, 15) is 17.9 Å². The van der Waals surface area contributed by atoms with Crippen molar-refractivity contribution in [3.8, 4) is 0 Å². The van der Waals surface area contributed by atoms with E-state index in [-0.39, 0.29) is 12.3 Å². The molecular weight excluding hydrogens is 283 g/mol. The summed E-state index contributed by atoms with van der Waals surface area (Å²) in [6.45, 7) is 1.78. The molecule has 0 bridgehead atoms. The van der Waals surface area contributed by atoms with E-state index in [0.717, 1.165) is 18.9 Å². The van der Waals surface area contributed by atoms with Crippen molar-refractivity contribution in [2.24, 2.45) is 0 Å². The van der Waals surface area contributed by atoms with E-state index in [2.05, 4.69) is 4.72 Å². The van der Waals surface area contributed by atoms with Crippen LogP contribution in [0.4, 0.5) is 10.1 Å². The Labute approximate surface area is 118 Å². The summed E-state index contributed by atoms with van der Waals surface area (Å²) in [7, 11) is -3.77. The Balaban J connectivity index is 2.19. The van der Waals surface area contributed by atoms with Gasteiger partial charge >= 0.3 is 10.2 Å². The van der Waals surface area contributed by atoms with Crippen molar-refractivity contribution in [2.75, 3.05) is 17.9 Å². The van der Waals surface area contributed by atoms with E-state index < -0.39 is 22.1 Å². The molecule has 0 aromatic heterocycles. The monoisotopic (exact) mass is 302 g/mol. The SMILES string of the molecule is Cc1ccc(NS(=O)(=O)N2CCCCC2CO)cc1F. The first-order valence-corrected chi connectivity index (χ1v) is 8.04. The number of benzene rings is 1. The number of rotatable bonds is 4. The summed E-state index contributed by atoms with van der Waals surface area (Å²) < 4.78 is 41.7. The minimum absolute atomic E-state index is 0.190. The molecule has 1 atom stereocenters. The number of hydrogen-bond donors (Lipinski definition) is 2. The summed E-state index contributed by atoms with van der Waals surface area (Å²) in [5, 5.41) is 9.28. The molecular formula is C13H19FN2O3S. The van der Waals surface area contributed by atoms with Crippen LogP contribution in [0, 0.1) is 12.7 Å². The fourth-order valence-electron chi connectivity index (χ4n) is 2.34. The molecule has 20 heavy (non-hydrogen) atoms. The summed E-state index contributed by atoms with van der Waals surface area (Å²) >= 11 is 0. The fraction of sp³-hybridized carbons (Fsp3) is 0.538. The molecule has 0 saturated carbocycles. The highest BCUT2D eigenvalue weighted by Crippen LogP contribution is 2.22. The van der Waals surface area contributed by atoms with Crippen molar-refractivity contribution in [3.05, 3.63) is 29.6 Å². The van der Waals surface area contributed by atoms with Gasteiger partial charge in [0.15, 0.2) is 0 Å². The van der Waals surface area contributed by atoms with E-state index in [1.165, 1.54) is 16.4 Å². The molecule has 2 rings (SSSR count). The molecule has 0 amide bonds. The molecule has 1 aromatic rings. The summed E-state index contributed by atoms with van der Waals surface area (Å²) in [5.41, 5.74) is 0.648. The van der Waals surface area contributed by atoms with Gasteiger partial charge in [0, 0.05) is 12.6 Å². The molecule has 1 fully saturated rings. The van der Waals surface area contributed by atoms with E-state index in [4.69, 9.17) is 0 Å². The van der Waals surface area contributed by atoms with Gasteiger partial charge in [0.2, 0.25) is 0 Å². The number of halogens is 1. The first-order valence-electron chi connectivity index (χ1n) is 6.60. The third-order valence-electron chi connectivity index (χ3n) is 3.51. The fourth-order valence-corrected chi connectivity index (χ4v) is 3.81. The number of anilines is 1. The summed E-state index contributed by atoms with van der Waals surface area (Å²) in [6.07, 6.45) is 2.30. The lowest BCUT2D eigenvalue weighted by Gasteiger charge is -2.33. The van der Waals surface area contributed by atoms with E-state index in [1.807, 2.05) is 0 Å². The van der Waals surface area contributed by atoms with Crippen molar-refractivity contribution in [1.29, 1.82) is 0 Å². The molecule has 112 valence electrons. The summed E-state index contributed by atoms with van der Waals surface area (Å²) in [5.74, 6) is -0.456. The third-order valence-corrected chi connectivity index (χ3v) is 5.10. The second-order valence-corrected chi connectivity index (χ2v) is 6.64. The second kappa shape index (κ2) is 6.07. The number of nitrogens with one attached hydrogen (secondary N) is 1. The largest absolute Gasteiger partial charge is 0.395 e. The Kier molecular flexibility index (Phi) is 4.62. The Hall–Kier alpha value is -1.18. The number of hydrogen-bond acceptors (Lipinski definition) is 3. The van der Waals surface area contributed by atoms with Crippen molar-refractivity contribution in [2.45, 2.75) is 32.2 Å². The zero-order chi connectivity index (χ0) is 14.8. The quantitative estimate of drug-likeness (QED) is 0.888. The smallest absolute Gasteiger partial charge is 0.301 e. The average molecular weight is 302 g/mol. The van der Waals surface area contributed by atoms with Gasteiger partial charge in [0.05, 0.1) is 12.3 Å². The van der Waals surface area contributed by atoms with Gasteiger partial charge in [-0.2, -0.15) is 12.7 Å². The summed E-state index contributed by atoms with van der Waals surface area (Å²) in [6, 6.07) is 3.79. The van der Waals surface area contributed by atoms with Gasteiger partial charge in [-0.3, -0.25) is 4.72 Å². The van der Waals surface area contributed by atoms with Crippen LogP contribution in [-0.4, -0.2) is 37.0 Å². The van der Waals surface area contributed by atoms with Gasteiger partial charge < -0.3 is 5.11 Å². The first kappa shape index (κ1) is 15.2. The van der Waals surface area contributed by atoms with Gasteiger partial charge in [0.1, 0.15) is 5.82 Å². The third kappa shape index (κ3) is 3.28. The predicted octanol–water partition coefficient (Wildman–Crippen LogP) is 1.64. The molecule has 1 unspecified atom stereocenters. The topological polar surface area (TPSA) is 69.6 Å². The Morgan fingerprint density at radius 2 is 2.20 bits per heavy atom. The van der Waals surface area contributed by atoms with Crippen LogP contribution in [0.3, 0.4) is 0 Å². The van der Waals surface area contributed by atoms with E-state index in [0.29, 0.717) is 18.5 Å². The molecule has 2 N–H and O–H groups in total. The van der Waals surface area contributed by atoms with Crippen molar-refractivity contribution in [1.82, 2.24) is 4.31 Å². The second-order valence-electron chi connectivity index (χ2n) is 5.01. The highest BCUT2D eigenvalue weighted by atomic mass is 32.2. The molecule has 1 heterocycles. The van der Waals surface area contributed by atoms with Gasteiger partial charge in [-0.05, 0) is 37.5 Å². The zero-order valence-corrected chi connectivity index (χ0v) is 12.2. The van der Waals surface area contributed by atoms with Crippen LogP contribution in [0.15, 0.2) is 18.2 Å². The molecule has 1 aromatic carbocycles. The lowest BCUT2D eigenvalue weighted by atomic mass is 10.1. The minimum atomic E-state index is -3.77. The maximum absolute atomic E-state index is 13.5. The van der Waals surface area contributed by atoms with Gasteiger partial charge in [0.25, 0.3) is 0 Å². The van der Waals surface area contributed by atoms with Crippen molar-refractivity contribution < 1.29 is 17.9 Å². The molecule has 5 nitrogen and oxygen atoms in total. The van der Waals surface area contributed by atoms with E-state index in [1.54, 1.807) is 6.92 Å². The summed E-state index contributed by atoms with van der Waals surface area (Å²) in [4.78, 5) is 0. The first-order chi connectivity index (χ1) is 9.44. The molecule has 0 radical (unpaired) electrons. The lowest BCUT2D eigenvalue weighted by Crippen LogP contribution is -2.47. The number of aliphatic hydroxyl groups excluding tert-OH is 1. The average Bonchev–Trinajstić information content (AvgIpc) is 2.42. The highest BCUT2D eigenvalue weighted by Gasteiger charge is 2.31. The van der Waals surface area contributed by atoms with Crippen LogP contribution in [0.25, 0.3) is 0 Å². The highest BCUT2D eigenvalue weighted by molar-refractivity contribution is 7.90. The maximum atomic E-state index is 13.5. The molecule has 1 aliphatic heterocycles. The van der Waals surface area contributed by atoms with E-state index >= 15 is 0 Å². The number of nitrogens with zero attached hydrogens (tertiary/aromatic N) is 1. The predicted molar refractivity (Wildman–Crippen MR) is 75.1 cm³/mol. The van der Waals surface area contributed by atoms with Crippen LogP contribution in [0.1, 0.15) is 24.8 Å². The Bertz CT molecular complexity index is 577. The van der Waals surface area contributed by atoms with Crippen LogP contribution < -0.4 is 4.72 Å². The molecule has 1 saturated heterocycles. The Morgan fingerprint density at radius 1 is 1.45 bits per heavy atom. The normalized spacial score (nSPS) is 20.9. The van der Waals surface area contributed by atoms with Gasteiger partial charge in [-0.1, -0.05) is 12.5 Å².